The maximum absolute atomic E-state index is 13.5. The number of nitrogen functional groups attached to an aromatic ring is 4. The zero-order valence-electron chi connectivity index (χ0n) is 24.5. The van der Waals surface area contributed by atoms with E-state index >= 15 is 0 Å². The molecule has 1 fully saturated rings. The van der Waals surface area contributed by atoms with E-state index in [4.69, 9.17) is 27.9 Å². The number of carbonyl (C=O) groups excluding carboxylic acids is 3. The first kappa shape index (κ1) is 33.9. The molecule has 5 rings (SSSR count). The van der Waals surface area contributed by atoms with Crippen LogP contribution in [0.2, 0.25) is 0 Å². The van der Waals surface area contributed by atoms with Gasteiger partial charge in [-0.1, -0.05) is 16.2 Å². The number of oxime groups is 1. The number of thiazole rings is 1. The van der Waals surface area contributed by atoms with Crippen LogP contribution in [-0.2, 0) is 24.0 Å². The molecule has 3 atom stereocenters. The Kier molecular flexibility index (Phi) is 9.40. The number of anilines is 3. The Morgan fingerprint density at radius 1 is 1.25 bits per heavy atom. The van der Waals surface area contributed by atoms with E-state index in [9.17, 15) is 39.6 Å². The van der Waals surface area contributed by atoms with Crippen LogP contribution in [0.25, 0.3) is 0 Å². The first-order valence-electron chi connectivity index (χ1n) is 13.4. The largest absolute Gasteiger partial charge is 0.543 e. The summed E-state index contributed by atoms with van der Waals surface area (Å²) in [6, 6.07) is 1.92. The highest BCUT2D eigenvalue weighted by molar-refractivity contribution is 8.01. The molecule has 3 aromatic rings. The first-order chi connectivity index (χ1) is 22.7. The molecule has 0 unspecified atom stereocenters. The highest BCUT2D eigenvalue weighted by Gasteiger charge is 2.53. The Bertz CT molecular complexity index is 1920. The zero-order valence-corrected chi connectivity index (χ0v) is 27.0. The Balaban J connectivity index is 1.36. The number of hydrogen-bond donors (Lipinski definition) is 8. The maximum Gasteiger partial charge on any atom is 0.352 e. The van der Waals surface area contributed by atoms with Crippen molar-refractivity contribution in [3.8, 4) is 11.5 Å². The van der Waals surface area contributed by atoms with Crippen molar-refractivity contribution in [2.24, 2.45) is 5.16 Å². The number of phenols is 2. The number of carboxylic acids is 2. The summed E-state index contributed by atoms with van der Waals surface area (Å²) in [5, 5.41) is 48.2. The van der Waals surface area contributed by atoms with E-state index in [0.29, 0.717) is 11.1 Å². The summed E-state index contributed by atoms with van der Waals surface area (Å²) in [6.07, 6.45) is -1.84. The number of nitrogens with two attached hydrogens (primary N) is 4. The minimum absolute atomic E-state index is 0.0398. The van der Waals surface area contributed by atoms with Crippen molar-refractivity contribution in [1.82, 2.24) is 20.2 Å². The van der Waals surface area contributed by atoms with E-state index in [2.05, 4.69) is 20.4 Å². The lowest BCUT2D eigenvalue weighted by atomic mass is 10.0. The normalized spacial score (nSPS) is 18.1. The molecule has 4 heterocycles. The van der Waals surface area contributed by atoms with Gasteiger partial charge in [0, 0.05) is 22.4 Å². The molecule has 12 N–H and O–H groups in total. The van der Waals surface area contributed by atoms with Crippen LogP contribution in [0.1, 0.15) is 22.9 Å². The second-order valence-corrected chi connectivity index (χ2v) is 13.1. The summed E-state index contributed by atoms with van der Waals surface area (Å²) >= 11 is 3.16. The van der Waals surface area contributed by atoms with Crippen LogP contribution in [0, 0.1) is 6.92 Å². The molecule has 1 aromatic carbocycles. The number of fused-ring (bicyclic) bond motifs is 1. The summed E-state index contributed by atoms with van der Waals surface area (Å²) in [6.45, 7) is 1.64. The molecule has 0 saturated carbocycles. The number of nitrogens with zero attached hydrogens (tertiary/aromatic N) is 5. The van der Waals surface area contributed by atoms with Crippen molar-refractivity contribution in [2.45, 2.75) is 29.6 Å². The van der Waals surface area contributed by atoms with Crippen molar-refractivity contribution in [3.05, 3.63) is 51.7 Å². The highest BCUT2D eigenvalue weighted by atomic mass is 32.2. The minimum Gasteiger partial charge on any atom is -0.543 e. The molecule has 0 radical (unpaired) electrons. The molecule has 48 heavy (non-hydrogen) atoms. The molecular formula is C26H26N10O9S3. The molecule has 252 valence electrons. The van der Waals surface area contributed by atoms with Gasteiger partial charge in [0.1, 0.15) is 17.1 Å². The Morgan fingerprint density at radius 2 is 1.98 bits per heavy atom. The summed E-state index contributed by atoms with van der Waals surface area (Å²) in [5.41, 5.74) is 17.2. The number of aromatic hydroxyl groups is 2. The number of nitrogens with one attached hydrogen (secondary N) is 1. The van der Waals surface area contributed by atoms with Gasteiger partial charge in [-0.05, 0) is 36.4 Å². The quantitative estimate of drug-likeness (QED) is 0.0152. The number of amides is 2. The third kappa shape index (κ3) is 6.39. The van der Waals surface area contributed by atoms with Gasteiger partial charge in [0.15, 0.2) is 22.3 Å². The van der Waals surface area contributed by atoms with Crippen LogP contribution in [0.15, 0.2) is 45.2 Å². The first-order valence-corrected chi connectivity index (χ1v) is 16.3. The standard InChI is InChI=1S/C26H26N10O9S3/c1-8-18(27)33-26(36(30)19(8)28)48-6-10-5-46-22-15(21(40)35(22)16(10)23(41)42)32-20(39)14(11-7-47-25(29)31-11)34-45-17(24(43)44)9-2-3-12(37)13(38)4-9/h2-4,7,15,17,22H,5-6,30H2,1H3,(H10,27,28,29,31,32,34,37,38,39,41,42,43,44)/t15-,17+,22-/m1/s1. The molecule has 19 nitrogen and oxygen atoms in total. The highest BCUT2D eigenvalue weighted by Crippen LogP contribution is 2.41. The molecule has 2 aromatic heterocycles. The maximum atomic E-state index is 13.5. The average Bonchev–Trinajstić information content (AvgIpc) is 3.47. The van der Waals surface area contributed by atoms with Crippen LogP contribution < -0.4 is 38.1 Å². The predicted molar refractivity (Wildman–Crippen MR) is 170 cm³/mol. The van der Waals surface area contributed by atoms with Gasteiger partial charge in [0.05, 0.1) is 17.2 Å². The van der Waals surface area contributed by atoms with E-state index in [0.717, 1.165) is 50.9 Å². The van der Waals surface area contributed by atoms with Crippen LogP contribution in [-0.4, -0.2) is 82.6 Å². The van der Waals surface area contributed by atoms with Crippen LogP contribution in [0.3, 0.4) is 0 Å². The number of thioether (sulfide) groups is 2. The Morgan fingerprint density at radius 3 is 2.60 bits per heavy atom. The molecule has 22 heteroatoms. The number of rotatable bonds is 11. The third-order valence-electron chi connectivity index (χ3n) is 7.11. The van der Waals surface area contributed by atoms with Gasteiger partial charge in [-0.2, -0.15) is 0 Å². The molecule has 0 bridgehead atoms. The number of hydrogen-bond acceptors (Lipinski definition) is 18. The Hall–Kier alpha value is -5.48. The van der Waals surface area contributed by atoms with Crippen molar-refractivity contribution < 1.29 is 49.1 Å². The second kappa shape index (κ2) is 13.3. The lowest BCUT2D eigenvalue weighted by molar-refractivity contribution is -0.667. The lowest BCUT2D eigenvalue weighted by Crippen LogP contribution is -2.71. The number of carbonyl (C=O) groups is 4. The number of carboxylic acid groups (broad SMARTS) is 2. The molecule has 2 amide bonds. The molecule has 0 aliphatic carbocycles. The van der Waals surface area contributed by atoms with E-state index < -0.39 is 58.5 Å². The molecule has 2 aliphatic heterocycles. The number of β-lactam (4-membered cyclic amide) rings is 1. The lowest BCUT2D eigenvalue weighted by Gasteiger charge is -2.50. The topological polar surface area (TPSA) is 323 Å². The second-order valence-electron chi connectivity index (χ2n) is 10.1. The zero-order chi connectivity index (χ0) is 35.0. The summed E-state index contributed by atoms with van der Waals surface area (Å²) in [4.78, 5) is 65.3. The van der Waals surface area contributed by atoms with E-state index in [1.165, 1.54) is 17.1 Å². The van der Waals surface area contributed by atoms with Crippen LogP contribution in [0.4, 0.5) is 16.8 Å². The third-order valence-corrected chi connectivity index (χ3v) is 10.2. The molecule has 1 saturated heterocycles. The monoisotopic (exact) mass is 718 g/mol. The van der Waals surface area contributed by atoms with E-state index in [1.807, 2.05) is 0 Å². The smallest absolute Gasteiger partial charge is 0.352 e. The van der Waals surface area contributed by atoms with Gasteiger partial charge in [-0.15, -0.1) is 27.8 Å². The summed E-state index contributed by atoms with van der Waals surface area (Å²) in [7, 11) is 0. The van der Waals surface area contributed by atoms with Crippen molar-refractivity contribution >= 4 is 81.1 Å². The number of aliphatic carboxylic acids is 2. The number of benzene rings is 1. The number of phenolic OH excluding ortho intramolecular Hbond substituents is 2. The molecule has 2 aliphatic rings. The summed E-state index contributed by atoms with van der Waals surface area (Å²) < 4.78 is 1.11. The Labute approximate surface area is 282 Å². The fraction of sp³-hybridized carbons (Fsp3) is 0.231. The van der Waals surface area contributed by atoms with Gasteiger partial charge >= 0.3 is 11.1 Å². The van der Waals surface area contributed by atoms with Gasteiger partial charge in [-0.25, -0.2) is 9.78 Å². The predicted octanol–water partition coefficient (Wildman–Crippen LogP) is -2.25. The van der Waals surface area contributed by atoms with Gasteiger partial charge in [-0.3, -0.25) is 20.3 Å². The summed E-state index contributed by atoms with van der Waals surface area (Å²) in [5.74, 6) is 0.414. The van der Waals surface area contributed by atoms with Crippen molar-refractivity contribution in [2.75, 3.05) is 34.5 Å². The van der Waals surface area contributed by atoms with Crippen molar-refractivity contribution in [1.29, 1.82) is 0 Å². The number of aromatic nitrogens is 3. The van der Waals surface area contributed by atoms with E-state index in [1.54, 1.807) is 6.92 Å². The van der Waals surface area contributed by atoms with E-state index in [-0.39, 0.29) is 50.4 Å². The van der Waals surface area contributed by atoms with Gasteiger partial charge < -0.3 is 52.6 Å². The fourth-order valence-electron chi connectivity index (χ4n) is 4.56. The fourth-order valence-corrected chi connectivity index (χ4v) is 7.53. The molecular weight excluding hydrogens is 693 g/mol. The van der Waals surface area contributed by atoms with Crippen LogP contribution in [0.5, 0.6) is 11.5 Å². The van der Waals surface area contributed by atoms with Crippen LogP contribution >= 0.6 is 34.9 Å². The minimum atomic E-state index is -1.84. The SMILES string of the molecule is Cc1c(N)nc(SCC2=C(C(=O)[O-])N3C(=O)[C@@H](NC(=O)/C(=N\O[C@H](C(=O)O)c4ccc(O)c(O)c4)c4csc(N)n4)[C@H]3SC2)[n+](N)c1N. The van der Waals surface area contributed by atoms with Gasteiger partial charge in [0.25, 0.3) is 11.8 Å². The molecule has 0 spiro atoms. The average molecular weight is 719 g/mol. The van der Waals surface area contributed by atoms with Gasteiger partial charge in [0.2, 0.25) is 17.7 Å². The van der Waals surface area contributed by atoms with Crippen molar-refractivity contribution in [3.63, 3.8) is 0 Å².